The number of aromatic nitrogens is 1. The molecule has 3 heterocycles. The fraction of sp³-hybridized carbons (Fsp3) is 0.353. The van der Waals surface area contributed by atoms with Crippen molar-refractivity contribution in [3.63, 3.8) is 0 Å². The Bertz CT molecular complexity index is 713. The smallest absolute Gasteiger partial charge is 0.252 e. The third-order valence-corrected chi connectivity index (χ3v) is 4.86. The van der Waals surface area contributed by atoms with Gasteiger partial charge in [0.1, 0.15) is 0 Å². The quantitative estimate of drug-likeness (QED) is 0.658. The molecule has 0 radical (unpaired) electrons. The number of fused-ring (bicyclic) bond motifs is 1. The zero-order valence-electron chi connectivity index (χ0n) is 13.7. The van der Waals surface area contributed by atoms with E-state index in [1.165, 1.54) is 0 Å². The van der Waals surface area contributed by atoms with E-state index in [2.05, 4.69) is 28.5 Å². The fourth-order valence-electron chi connectivity index (χ4n) is 3.60. The highest BCUT2D eigenvalue weighted by Gasteiger charge is 2.47. The van der Waals surface area contributed by atoms with Crippen molar-refractivity contribution in [2.75, 3.05) is 7.05 Å². The van der Waals surface area contributed by atoms with Crippen molar-refractivity contribution in [2.45, 2.75) is 25.3 Å². The molecule has 0 spiro atoms. The summed E-state index contributed by atoms with van der Waals surface area (Å²) in [5.41, 5.74) is 11.5. The predicted molar refractivity (Wildman–Crippen MR) is 90.9 cm³/mol. The Hall–Kier alpha value is -2.19. The number of rotatable bonds is 3. The minimum absolute atomic E-state index is 0.0734. The van der Waals surface area contributed by atoms with Gasteiger partial charge >= 0.3 is 0 Å². The highest BCUT2D eigenvalue weighted by molar-refractivity contribution is 5.94. The monoisotopic (exact) mass is 326 g/mol. The maximum absolute atomic E-state index is 12.6. The van der Waals surface area contributed by atoms with E-state index >= 15 is 0 Å². The number of carbonyl (C=O) groups is 1. The van der Waals surface area contributed by atoms with Crippen molar-refractivity contribution >= 4 is 5.91 Å². The van der Waals surface area contributed by atoms with E-state index in [-0.39, 0.29) is 30.2 Å². The molecule has 24 heavy (non-hydrogen) atoms. The molecule has 2 fully saturated rings. The molecule has 7 heteroatoms. The first-order valence-corrected chi connectivity index (χ1v) is 8.18. The van der Waals surface area contributed by atoms with E-state index in [0.717, 1.165) is 5.69 Å². The second kappa shape index (κ2) is 6.03. The lowest BCUT2D eigenvalue weighted by Gasteiger charge is -2.21. The van der Waals surface area contributed by atoms with Gasteiger partial charge in [0.25, 0.3) is 5.91 Å². The minimum Gasteiger partial charge on any atom is -0.335 e. The first-order chi connectivity index (χ1) is 11.6. The van der Waals surface area contributed by atoms with Crippen LogP contribution in [0.1, 0.15) is 17.3 Å². The average Bonchev–Trinajstić information content (AvgIpc) is 3.29. The number of hydrogen-bond donors (Lipinski definition) is 4. The van der Waals surface area contributed by atoms with Crippen LogP contribution in [0.2, 0.25) is 0 Å². The average molecular weight is 326 g/mol. The van der Waals surface area contributed by atoms with E-state index in [4.69, 9.17) is 0 Å². The molecule has 0 aliphatic carbocycles. The summed E-state index contributed by atoms with van der Waals surface area (Å²) >= 11 is 0. The van der Waals surface area contributed by atoms with Gasteiger partial charge in [0, 0.05) is 42.7 Å². The van der Waals surface area contributed by atoms with E-state index in [1.54, 1.807) is 0 Å². The van der Waals surface area contributed by atoms with Gasteiger partial charge in [-0.1, -0.05) is 0 Å². The molecule has 4 unspecified atom stereocenters. The van der Waals surface area contributed by atoms with Gasteiger partial charge in [-0.3, -0.25) is 10.2 Å². The van der Waals surface area contributed by atoms with Gasteiger partial charge in [0.2, 0.25) is 0 Å². The van der Waals surface area contributed by atoms with Crippen LogP contribution in [0.3, 0.4) is 0 Å². The third-order valence-electron chi connectivity index (χ3n) is 4.86. The molecule has 2 aliphatic rings. The summed E-state index contributed by atoms with van der Waals surface area (Å²) in [6.07, 6.45) is 4.02. The van der Waals surface area contributed by atoms with E-state index in [0.29, 0.717) is 5.56 Å². The number of carbonyl (C=O) groups excluding carboxylic acids is 1. The van der Waals surface area contributed by atoms with Gasteiger partial charge in [0.05, 0.1) is 12.3 Å². The largest absolute Gasteiger partial charge is 0.335 e. The van der Waals surface area contributed by atoms with Crippen LogP contribution in [0.25, 0.3) is 5.69 Å². The highest BCUT2D eigenvalue weighted by Crippen LogP contribution is 2.25. The van der Waals surface area contributed by atoms with Crippen LogP contribution in [0.4, 0.5) is 0 Å². The molecule has 2 aromatic rings. The van der Waals surface area contributed by atoms with Crippen molar-refractivity contribution in [3.8, 4) is 5.69 Å². The number of nitrogens with one attached hydrogen (secondary N) is 4. The van der Waals surface area contributed by atoms with Gasteiger partial charge in [-0.25, -0.2) is 15.9 Å². The Morgan fingerprint density at radius 2 is 1.83 bits per heavy atom. The summed E-state index contributed by atoms with van der Waals surface area (Å²) in [6, 6.07) is 11.8. The molecular formula is C17H22N6O. The molecule has 4 N–H and O–H groups in total. The highest BCUT2D eigenvalue weighted by atomic mass is 16.2. The van der Waals surface area contributed by atoms with Crippen LogP contribution in [-0.4, -0.2) is 40.9 Å². The molecule has 126 valence electrons. The molecule has 1 aromatic heterocycles. The molecular weight excluding hydrogens is 304 g/mol. The summed E-state index contributed by atoms with van der Waals surface area (Å²) in [5.74, 6) is 0.189. The topological polar surface area (TPSA) is 73.4 Å². The van der Waals surface area contributed by atoms with Crippen molar-refractivity contribution in [3.05, 3.63) is 54.4 Å². The Balaban J connectivity index is 1.45. The number of hydrazine groups is 2. The minimum atomic E-state index is -0.112. The SMILES string of the molecule is CC1NN(C)C2NNC(NC(=O)c3ccc(-n4cccc4)cc3)C12. The summed E-state index contributed by atoms with van der Waals surface area (Å²) in [6.45, 7) is 2.13. The number of amides is 1. The maximum atomic E-state index is 12.6. The van der Waals surface area contributed by atoms with Gasteiger partial charge in [-0.15, -0.1) is 0 Å². The van der Waals surface area contributed by atoms with Gasteiger partial charge < -0.3 is 9.88 Å². The lowest BCUT2D eigenvalue weighted by molar-refractivity contribution is 0.0919. The molecule has 2 saturated heterocycles. The first-order valence-electron chi connectivity index (χ1n) is 8.18. The van der Waals surface area contributed by atoms with Crippen LogP contribution < -0.4 is 21.6 Å². The van der Waals surface area contributed by atoms with Crippen molar-refractivity contribution < 1.29 is 4.79 Å². The van der Waals surface area contributed by atoms with Gasteiger partial charge in [-0.05, 0) is 43.3 Å². The standard InChI is InChI=1S/C17H22N6O/c1-11-14-15(19-20-16(14)22(2)21-11)18-17(24)12-5-7-13(8-6-12)23-9-3-4-10-23/h3-11,14-16,19-21H,1-2H3,(H,18,24). The molecule has 1 amide bonds. The second-order valence-electron chi connectivity index (χ2n) is 6.43. The second-order valence-corrected chi connectivity index (χ2v) is 6.43. The van der Waals surface area contributed by atoms with E-state index < -0.39 is 0 Å². The Kier molecular flexibility index (Phi) is 3.85. The maximum Gasteiger partial charge on any atom is 0.252 e. The van der Waals surface area contributed by atoms with Crippen molar-refractivity contribution in [2.24, 2.45) is 5.92 Å². The molecule has 1 aromatic carbocycles. The number of benzene rings is 1. The number of nitrogens with zero attached hydrogens (tertiary/aromatic N) is 2. The van der Waals surface area contributed by atoms with Crippen LogP contribution in [0, 0.1) is 5.92 Å². The molecule has 7 nitrogen and oxygen atoms in total. The Morgan fingerprint density at radius 3 is 2.54 bits per heavy atom. The third kappa shape index (κ3) is 2.61. The molecule has 0 saturated carbocycles. The van der Waals surface area contributed by atoms with Gasteiger partial charge in [-0.2, -0.15) is 0 Å². The molecule has 4 atom stereocenters. The Morgan fingerprint density at radius 1 is 1.12 bits per heavy atom. The molecule has 0 bridgehead atoms. The Labute approximate surface area is 141 Å². The molecule has 4 rings (SSSR count). The first kappa shape index (κ1) is 15.3. The summed E-state index contributed by atoms with van der Waals surface area (Å²) in [5, 5.41) is 5.13. The zero-order chi connectivity index (χ0) is 16.7. The normalized spacial score (nSPS) is 29.6. The summed E-state index contributed by atoms with van der Waals surface area (Å²) in [7, 11) is 2.00. The van der Waals surface area contributed by atoms with E-state index in [9.17, 15) is 4.79 Å². The summed E-state index contributed by atoms with van der Waals surface area (Å²) < 4.78 is 2.01. The number of hydrogen-bond acceptors (Lipinski definition) is 5. The van der Waals surface area contributed by atoms with Crippen LogP contribution in [-0.2, 0) is 0 Å². The van der Waals surface area contributed by atoms with Crippen LogP contribution >= 0.6 is 0 Å². The summed E-state index contributed by atoms with van der Waals surface area (Å²) in [4.78, 5) is 12.6. The lowest BCUT2D eigenvalue weighted by Crippen LogP contribution is -2.51. The molecule has 2 aliphatic heterocycles. The zero-order valence-corrected chi connectivity index (χ0v) is 13.7. The van der Waals surface area contributed by atoms with Crippen molar-refractivity contribution in [1.29, 1.82) is 0 Å². The fourth-order valence-corrected chi connectivity index (χ4v) is 3.60. The lowest BCUT2D eigenvalue weighted by atomic mass is 9.98. The van der Waals surface area contributed by atoms with Crippen molar-refractivity contribution in [1.82, 2.24) is 31.2 Å². The van der Waals surface area contributed by atoms with Crippen LogP contribution in [0.15, 0.2) is 48.8 Å². The predicted octanol–water partition coefficient (Wildman–Crippen LogP) is 0.422. The van der Waals surface area contributed by atoms with Gasteiger partial charge in [0.15, 0.2) is 0 Å². The van der Waals surface area contributed by atoms with Crippen LogP contribution in [0.5, 0.6) is 0 Å². The van der Waals surface area contributed by atoms with E-state index in [1.807, 2.05) is 65.4 Å².